The number of rotatable bonds is 4. The first-order valence-electron chi connectivity index (χ1n) is 13.7. The fourth-order valence-electron chi connectivity index (χ4n) is 5.92. The van der Waals surface area contributed by atoms with Crippen molar-refractivity contribution in [3.05, 3.63) is 145 Å². The van der Waals surface area contributed by atoms with Crippen LogP contribution in [-0.2, 0) is 0 Å². The largest absolute Gasteiger partial charge is 0.251 e. The number of pyridine rings is 2. The molecule has 2 aromatic heterocycles. The molecule has 0 atom stereocenters. The Morgan fingerprint density at radius 2 is 0.900 bits per heavy atom. The highest BCUT2D eigenvalue weighted by Crippen LogP contribution is 2.46. The standard InChI is InChI=1S/C38H28N2/c1-25-23-31(27-15-7-3-8-16-27)33-24-32(28-17-9-4-10-18-28)36-35(30-21-13-6-14-22-30)34(29-19-11-5-12-20-29)26(2)40-38(36)37(33)39-25/h3-24H,1-2H3. The van der Waals surface area contributed by atoms with Crippen molar-refractivity contribution in [2.75, 3.05) is 0 Å². The lowest BCUT2D eigenvalue weighted by molar-refractivity contribution is 1.23. The second-order valence-corrected chi connectivity index (χ2v) is 10.3. The van der Waals surface area contributed by atoms with Crippen LogP contribution in [0.4, 0.5) is 0 Å². The summed E-state index contributed by atoms with van der Waals surface area (Å²) in [5, 5.41) is 2.24. The second-order valence-electron chi connectivity index (χ2n) is 10.3. The van der Waals surface area contributed by atoms with Crippen LogP contribution >= 0.6 is 0 Å². The summed E-state index contributed by atoms with van der Waals surface area (Å²) in [5.41, 5.74) is 13.2. The topological polar surface area (TPSA) is 25.8 Å². The van der Waals surface area contributed by atoms with Crippen LogP contribution in [-0.4, -0.2) is 9.97 Å². The quantitative estimate of drug-likeness (QED) is 0.219. The van der Waals surface area contributed by atoms with Crippen molar-refractivity contribution in [3.63, 3.8) is 0 Å². The molecule has 0 N–H and O–H groups in total. The average Bonchev–Trinajstić information content (AvgIpc) is 3.01. The van der Waals surface area contributed by atoms with Crippen molar-refractivity contribution in [1.29, 1.82) is 0 Å². The minimum atomic E-state index is 0.938. The highest BCUT2D eigenvalue weighted by atomic mass is 14.8. The summed E-state index contributed by atoms with van der Waals surface area (Å²) in [5.74, 6) is 0. The molecule has 7 aromatic rings. The van der Waals surface area contributed by atoms with Crippen LogP contribution in [0.2, 0.25) is 0 Å². The van der Waals surface area contributed by atoms with E-state index in [1.807, 2.05) is 0 Å². The number of fused-ring (bicyclic) bond motifs is 3. The molecular weight excluding hydrogens is 484 g/mol. The Labute approximate surface area is 234 Å². The van der Waals surface area contributed by atoms with Crippen molar-refractivity contribution in [3.8, 4) is 44.5 Å². The zero-order valence-corrected chi connectivity index (χ0v) is 22.6. The predicted molar refractivity (Wildman–Crippen MR) is 168 cm³/mol. The van der Waals surface area contributed by atoms with E-state index in [0.717, 1.165) is 55.4 Å². The van der Waals surface area contributed by atoms with Gasteiger partial charge in [0.15, 0.2) is 0 Å². The van der Waals surface area contributed by atoms with E-state index in [4.69, 9.17) is 9.97 Å². The summed E-state index contributed by atoms with van der Waals surface area (Å²) in [6.07, 6.45) is 0. The SMILES string of the molecule is Cc1cc(-c2ccccc2)c2cc(-c3ccccc3)c3c(-c4ccccc4)c(-c4ccccc4)c(C)nc3c2n1. The summed E-state index contributed by atoms with van der Waals surface area (Å²) in [4.78, 5) is 10.5. The molecule has 0 amide bonds. The van der Waals surface area contributed by atoms with Crippen molar-refractivity contribution in [2.24, 2.45) is 0 Å². The molecule has 0 unspecified atom stereocenters. The van der Waals surface area contributed by atoms with Crippen molar-refractivity contribution < 1.29 is 0 Å². The fraction of sp³-hybridized carbons (Fsp3) is 0.0526. The van der Waals surface area contributed by atoms with Crippen LogP contribution in [0.5, 0.6) is 0 Å². The van der Waals surface area contributed by atoms with Gasteiger partial charge in [-0.2, -0.15) is 0 Å². The van der Waals surface area contributed by atoms with Gasteiger partial charge in [0.25, 0.3) is 0 Å². The molecule has 0 saturated heterocycles. The van der Waals surface area contributed by atoms with Gasteiger partial charge in [-0.3, -0.25) is 9.97 Å². The Morgan fingerprint density at radius 3 is 1.45 bits per heavy atom. The highest BCUT2D eigenvalue weighted by Gasteiger charge is 2.23. The maximum absolute atomic E-state index is 5.37. The third-order valence-electron chi connectivity index (χ3n) is 7.64. The number of nitrogens with zero attached hydrogens (tertiary/aromatic N) is 2. The molecule has 2 nitrogen and oxygen atoms in total. The maximum atomic E-state index is 5.37. The zero-order valence-electron chi connectivity index (χ0n) is 22.6. The lowest BCUT2D eigenvalue weighted by Gasteiger charge is -2.21. The molecule has 40 heavy (non-hydrogen) atoms. The number of aromatic nitrogens is 2. The van der Waals surface area contributed by atoms with E-state index < -0.39 is 0 Å². The van der Waals surface area contributed by atoms with E-state index >= 15 is 0 Å². The molecule has 0 saturated carbocycles. The van der Waals surface area contributed by atoms with E-state index in [1.54, 1.807) is 0 Å². The summed E-state index contributed by atoms with van der Waals surface area (Å²) in [6, 6.07) is 47.2. The summed E-state index contributed by atoms with van der Waals surface area (Å²) in [7, 11) is 0. The van der Waals surface area contributed by atoms with E-state index in [1.165, 1.54) is 22.3 Å². The van der Waals surface area contributed by atoms with Crippen LogP contribution in [0, 0.1) is 13.8 Å². The van der Waals surface area contributed by atoms with Gasteiger partial charge < -0.3 is 0 Å². The van der Waals surface area contributed by atoms with Gasteiger partial charge in [-0.05, 0) is 59.4 Å². The number of hydrogen-bond donors (Lipinski definition) is 0. The van der Waals surface area contributed by atoms with Gasteiger partial charge in [0.1, 0.15) is 0 Å². The molecule has 7 rings (SSSR count). The summed E-state index contributed by atoms with van der Waals surface area (Å²) in [6.45, 7) is 4.20. The highest BCUT2D eigenvalue weighted by molar-refractivity contribution is 6.20. The van der Waals surface area contributed by atoms with E-state index in [0.29, 0.717) is 0 Å². The lowest BCUT2D eigenvalue weighted by atomic mass is 9.85. The van der Waals surface area contributed by atoms with Crippen molar-refractivity contribution in [2.45, 2.75) is 13.8 Å². The molecule has 2 heteroatoms. The third kappa shape index (κ3) is 4.06. The first-order valence-corrected chi connectivity index (χ1v) is 13.7. The van der Waals surface area contributed by atoms with Gasteiger partial charge in [0.2, 0.25) is 0 Å². The van der Waals surface area contributed by atoms with Gasteiger partial charge in [-0.25, -0.2) is 0 Å². The molecule has 0 aliphatic carbocycles. The average molecular weight is 513 g/mol. The van der Waals surface area contributed by atoms with Crippen molar-refractivity contribution >= 4 is 21.8 Å². The normalized spacial score (nSPS) is 11.2. The first-order chi connectivity index (χ1) is 19.7. The van der Waals surface area contributed by atoms with E-state index in [-0.39, 0.29) is 0 Å². The van der Waals surface area contributed by atoms with Gasteiger partial charge in [0, 0.05) is 33.3 Å². The van der Waals surface area contributed by atoms with Crippen molar-refractivity contribution in [1.82, 2.24) is 9.97 Å². The molecular formula is C38H28N2. The molecule has 2 heterocycles. The van der Waals surface area contributed by atoms with Crippen LogP contribution in [0.3, 0.4) is 0 Å². The minimum Gasteiger partial charge on any atom is -0.251 e. The molecule has 0 spiro atoms. The zero-order chi connectivity index (χ0) is 27.1. The van der Waals surface area contributed by atoms with Gasteiger partial charge in [-0.15, -0.1) is 0 Å². The summed E-state index contributed by atoms with van der Waals surface area (Å²) < 4.78 is 0. The molecule has 0 fully saturated rings. The Morgan fingerprint density at radius 1 is 0.425 bits per heavy atom. The smallest absolute Gasteiger partial charge is 0.0981 e. The van der Waals surface area contributed by atoms with Crippen LogP contribution < -0.4 is 0 Å². The molecule has 0 bridgehead atoms. The Bertz CT molecular complexity index is 1980. The molecule has 5 aromatic carbocycles. The van der Waals surface area contributed by atoms with Crippen LogP contribution in [0.1, 0.15) is 11.4 Å². The minimum absolute atomic E-state index is 0.938. The van der Waals surface area contributed by atoms with E-state index in [2.05, 4.69) is 147 Å². The molecule has 0 aliphatic rings. The number of hydrogen-bond acceptors (Lipinski definition) is 2. The molecule has 0 aliphatic heterocycles. The Balaban J connectivity index is 1.73. The van der Waals surface area contributed by atoms with Crippen LogP contribution in [0.15, 0.2) is 133 Å². The molecule has 190 valence electrons. The number of benzene rings is 5. The van der Waals surface area contributed by atoms with E-state index in [9.17, 15) is 0 Å². The monoisotopic (exact) mass is 512 g/mol. The fourth-order valence-corrected chi connectivity index (χ4v) is 5.92. The second kappa shape index (κ2) is 9.91. The summed E-state index contributed by atoms with van der Waals surface area (Å²) >= 11 is 0. The third-order valence-corrected chi connectivity index (χ3v) is 7.64. The number of aryl methyl sites for hydroxylation is 2. The van der Waals surface area contributed by atoms with Crippen LogP contribution in [0.25, 0.3) is 66.3 Å². The molecule has 0 radical (unpaired) electrons. The maximum Gasteiger partial charge on any atom is 0.0981 e. The van der Waals surface area contributed by atoms with Gasteiger partial charge in [0.05, 0.1) is 11.0 Å². The Hall–Kier alpha value is -5.08. The first kappa shape index (κ1) is 24.0. The predicted octanol–water partition coefficient (Wildman–Crippen LogP) is 10.1. The lowest BCUT2D eigenvalue weighted by Crippen LogP contribution is -2.00. The Kier molecular flexibility index (Phi) is 5.94. The van der Waals surface area contributed by atoms with Gasteiger partial charge >= 0.3 is 0 Å². The van der Waals surface area contributed by atoms with Gasteiger partial charge in [-0.1, -0.05) is 121 Å².